The number of benzene rings is 2. The lowest BCUT2D eigenvalue weighted by Gasteiger charge is -2.32. The number of esters is 3. The second-order valence-corrected chi connectivity index (χ2v) is 12.7. The molecular weight excluding hydrogens is 578 g/mol. The van der Waals surface area contributed by atoms with E-state index in [1.807, 2.05) is 55.4 Å². The molecule has 4 rings (SSSR count). The molecule has 0 saturated carbocycles. The van der Waals surface area contributed by atoms with Gasteiger partial charge in [-0.3, -0.25) is 10.2 Å². The normalized spacial score (nSPS) is 19.5. The summed E-state index contributed by atoms with van der Waals surface area (Å²) in [6, 6.07) is 7.10. The van der Waals surface area contributed by atoms with Crippen LogP contribution in [0.3, 0.4) is 0 Å². The Balaban J connectivity index is 1.27. The molecule has 2 aliphatic heterocycles. The maximum atomic E-state index is 14.9. The molecule has 14 heteroatoms. The van der Waals surface area contributed by atoms with Gasteiger partial charge in [-0.1, -0.05) is 12.1 Å². The Labute approximate surface area is 255 Å². The molecule has 0 atom stereocenters. The second-order valence-electron chi connectivity index (χ2n) is 12.7. The molecule has 0 bridgehead atoms. The Hall–Kier alpha value is -3.45. The van der Waals surface area contributed by atoms with Crippen molar-refractivity contribution in [3.8, 4) is 0 Å². The highest BCUT2D eigenvalue weighted by Crippen LogP contribution is 2.37. The zero-order valence-corrected chi connectivity index (χ0v) is 26.0. The highest BCUT2D eigenvalue weighted by atomic mass is 19.1. The van der Waals surface area contributed by atoms with Crippen LogP contribution in [-0.4, -0.2) is 60.4 Å². The summed E-state index contributed by atoms with van der Waals surface area (Å²) in [7, 11) is -1.95. The van der Waals surface area contributed by atoms with Crippen LogP contribution in [0.1, 0.15) is 88.9 Å². The van der Waals surface area contributed by atoms with E-state index in [-0.39, 0.29) is 28.5 Å². The predicted molar refractivity (Wildman–Crippen MR) is 157 cm³/mol. The predicted octanol–water partition coefficient (Wildman–Crippen LogP) is 3.86. The van der Waals surface area contributed by atoms with Crippen molar-refractivity contribution < 1.29 is 51.3 Å². The Morgan fingerprint density at radius 3 is 1.39 bits per heavy atom. The summed E-state index contributed by atoms with van der Waals surface area (Å²) in [6.07, 6.45) is -0.872. The third-order valence-electron chi connectivity index (χ3n) is 8.47. The number of hydrogen-bond acceptors (Lipinski definition) is 10. The average molecular weight is 613 g/mol. The topological polar surface area (TPSA) is 130 Å². The molecule has 2 heterocycles. The van der Waals surface area contributed by atoms with Gasteiger partial charge < -0.3 is 28.1 Å². The van der Waals surface area contributed by atoms with E-state index < -0.39 is 78.5 Å². The van der Waals surface area contributed by atoms with Crippen molar-refractivity contribution >= 4 is 49.0 Å². The summed E-state index contributed by atoms with van der Waals surface area (Å²) < 4.78 is 62.7. The smallest absolute Gasteiger partial charge is 0.409 e. The molecule has 234 valence electrons. The molecule has 2 aliphatic rings. The highest BCUT2D eigenvalue weighted by Gasteiger charge is 2.53. The monoisotopic (exact) mass is 613 g/mol. The SMILES string of the molecule is CC1(C)OB(c2ccc(C(=O)OC(=N)CCC(=O)OC(=O)c3ccc(B4OC(C)(C)C(C)(C)O4)c(F)c3)cc2F)OC1(C)C. The summed E-state index contributed by atoms with van der Waals surface area (Å²) in [5.74, 6) is -5.28. The molecule has 0 radical (unpaired) electrons. The van der Waals surface area contributed by atoms with Crippen molar-refractivity contribution in [1.82, 2.24) is 0 Å². The molecule has 2 aromatic rings. The van der Waals surface area contributed by atoms with E-state index >= 15 is 0 Å². The quantitative estimate of drug-likeness (QED) is 0.163. The summed E-state index contributed by atoms with van der Waals surface area (Å²) in [5, 5.41) is 7.87. The van der Waals surface area contributed by atoms with Gasteiger partial charge in [-0.2, -0.15) is 0 Å². The Morgan fingerprint density at radius 2 is 1.02 bits per heavy atom. The fourth-order valence-electron chi connectivity index (χ4n) is 4.28. The zero-order valence-electron chi connectivity index (χ0n) is 26.0. The van der Waals surface area contributed by atoms with Crippen LogP contribution in [0.4, 0.5) is 8.78 Å². The maximum absolute atomic E-state index is 14.9. The standard InChI is InChI=1S/C30H35B2F2NO9/c1-27(2)28(3,4)42-31(41-27)19-11-9-17(15-21(19)33)25(37)39-23(35)13-14-24(36)40-26(38)18-10-12-20(22(34)16-18)32-43-29(5,6)30(7,8)44-32/h9-12,15-16,35H,13-14H2,1-8H3. The third kappa shape index (κ3) is 6.78. The van der Waals surface area contributed by atoms with Crippen LogP contribution in [0.5, 0.6) is 0 Å². The minimum absolute atomic E-state index is 0.0874. The number of halogens is 2. The molecule has 0 unspecified atom stereocenters. The maximum Gasteiger partial charge on any atom is 0.497 e. The number of nitrogens with one attached hydrogen (secondary N) is 1. The van der Waals surface area contributed by atoms with E-state index in [1.54, 1.807) is 0 Å². The summed E-state index contributed by atoms with van der Waals surface area (Å²) >= 11 is 0. The van der Waals surface area contributed by atoms with Gasteiger partial charge in [0.15, 0.2) is 5.90 Å². The van der Waals surface area contributed by atoms with Crippen LogP contribution in [0.25, 0.3) is 0 Å². The minimum atomic E-state index is -1.10. The first-order valence-corrected chi connectivity index (χ1v) is 14.1. The molecule has 2 saturated heterocycles. The van der Waals surface area contributed by atoms with Crippen LogP contribution in [-0.2, 0) is 32.9 Å². The van der Waals surface area contributed by atoms with Gasteiger partial charge in [-0.15, -0.1) is 0 Å². The molecule has 10 nitrogen and oxygen atoms in total. The fraction of sp³-hybridized carbons (Fsp3) is 0.467. The molecule has 0 spiro atoms. The van der Waals surface area contributed by atoms with Crippen molar-refractivity contribution in [2.45, 2.75) is 90.6 Å². The molecule has 0 aromatic heterocycles. The van der Waals surface area contributed by atoms with Gasteiger partial charge in [0.1, 0.15) is 11.6 Å². The summed E-state index contributed by atoms with van der Waals surface area (Å²) in [6.45, 7) is 14.6. The van der Waals surface area contributed by atoms with E-state index in [1.165, 1.54) is 24.3 Å². The average Bonchev–Trinajstić information content (AvgIpc) is 3.26. The second kappa shape index (κ2) is 11.8. The van der Waals surface area contributed by atoms with E-state index in [0.717, 1.165) is 12.1 Å². The Morgan fingerprint density at radius 1 is 0.659 bits per heavy atom. The summed E-state index contributed by atoms with van der Waals surface area (Å²) in [4.78, 5) is 37.1. The zero-order chi connectivity index (χ0) is 32.8. The number of carbonyl (C=O) groups excluding carboxylic acids is 3. The van der Waals surface area contributed by atoms with E-state index in [9.17, 15) is 23.2 Å². The van der Waals surface area contributed by atoms with Gasteiger partial charge in [-0.05, 0) is 79.7 Å². The number of hydrogen-bond donors (Lipinski definition) is 1. The highest BCUT2D eigenvalue weighted by molar-refractivity contribution is 6.62. The lowest BCUT2D eigenvalue weighted by molar-refractivity contribution is -0.137. The van der Waals surface area contributed by atoms with Crippen LogP contribution >= 0.6 is 0 Å². The van der Waals surface area contributed by atoms with Gasteiger partial charge >= 0.3 is 32.1 Å². The molecule has 0 aliphatic carbocycles. The Kier molecular flexibility index (Phi) is 8.98. The molecule has 0 amide bonds. The van der Waals surface area contributed by atoms with E-state index in [2.05, 4.69) is 0 Å². The lowest BCUT2D eigenvalue weighted by atomic mass is 9.78. The van der Waals surface area contributed by atoms with Crippen LogP contribution in [0.2, 0.25) is 0 Å². The van der Waals surface area contributed by atoms with Gasteiger partial charge in [0.2, 0.25) is 0 Å². The van der Waals surface area contributed by atoms with Gasteiger partial charge in [0.25, 0.3) is 0 Å². The lowest BCUT2D eigenvalue weighted by Crippen LogP contribution is -2.41. The van der Waals surface area contributed by atoms with Crippen molar-refractivity contribution in [2.24, 2.45) is 0 Å². The van der Waals surface area contributed by atoms with Crippen molar-refractivity contribution in [2.75, 3.05) is 0 Å². The molecular formula is C30H35B2F2NO9. The minimum Gasteiger partial charge on any atom is -0.409 e. The third-order valence-corrected chi connectivity index (χ3v) is 8.47. The Bertz CT molecular complexity index is 1370. The first kappa shape index (κ1) is 33.4. The molecule has 2 fully saturated rings. The van der Waals surface area contributed by atoms with Gasteiger partial charge in [0.05, 0.1) is 40.0 Å². The molecule has 44 heavy (non-hydrogen) atoms. The summed E-state index contributed by atoms with van der Waals surface area (Å²) in [5.41, 5.74) is -2.94. The molecule has 2 aromatic carbocycles. The van der Waals surface area contributed by atoms with Crippen LogP contribution in [0.15, 0.2) is 36.4 Å². The van der Waals surface area contributed by atoms with E-state index in [4.69, 9.17) is 33.5 Å². The fourth-order valence-corrected chi connectivity index (χ4v) is 4.28. The van der Waals surface area contributed by atoms with E-state index in [0.29, 0.717) is 0 Å². The first-order chi connectivity index (χ1) is 20.2. The van der Waals surface area contributed by atoms with Crippen molar-refractivity contribution in [3.63, 3.8) is 0 Å². The van der Waals surface area contributed by atoms with Crippen LogP contribution in [0, 0.1) is 17.0 Å². The first-order valence-electron chi connectivity index (χ1n) is 14.1. The number of rotatable bonds is 7. The van der Waals surface area contributed by atoms with Crippen LogP contribution < -0.4 is 10.9 Å². The van der Waals surface area contributed by atoms with Crippen molar-refractivity contribution in [3.05, 3.63) is 59.2 Å². The molecule has 1 N–H and O–H groups in total. The van der Waals surface area contributed by atoms with Gasteiger partial charge in [-0.25, -0.2) is 18.4 Å². The largest absolute Gasteiger partial charge is 0.497 e. The number of ether oxygens (including phenoxy) is 2. The number of carbonyl (C=O) groups is 3. The van der Waals surface area contributed by atoms with Crippen molar-refractivity contribution in [1.29, 1.82) is 5.41 Å². The van der Waals surface area contributed by atoms with Gasteiger partial charge in [0, 0.05) is 17.3 Å².